The third-order valence-corrected chi connectivity index (χ3v) is 0.547. The molecule has 0 fully saturated rings. The van der Waals surface area contributed by atoms with Gasteiger partial charge in [0.2, 0.25) is 0 Å². The normalized spacial score (nSPS) is 6.80. The Morgan fingerprint density at radius 2 is 1.40 bits per heavy atom. The Morgan fingerprint density at radius 1 is 1.10 bits per heavy atom. The molecule has 0 bridgehead atoms. The molecular formula is C8H18O2. The molecule has 0 aliphatic rings. The topological polar surface area (TPSA) is 40.5 Å². The molecule has 0 aliphatic carbocycles. The fraction of sp³-hybridized carbons (Fsp3) is 0.500. The highest BCUT2D eigenvalue weighted by atomic mass is 16.5. The fourth-order valence-electron chi connectivity index (χ4n) is 0.258. The van der Waals surface area contributed by atoms with Crippen molar-refractivity contribution in [3.8, 4) is 0 Å². The predicted molar refractivity (Wildman–Crippen MR) is 45.6 cm³/mol. The molecular weight excluding hydrogens is 128 g/mol. The summed E-state index contributed by atoms with van der Waals surface area (Å²) in [5.41, 5.74) is 0. The van der Waals surface area contributed by atoms with Gasteiger partial charge in [0.1, 0.15) is 0 Å². The molecule has 0 heterocycles. The van der Waals surface area contributed by atoms with Crippen LogP contribution in [0.3, 0.4) is 0 Å². The summed E-state index contributed by atoms with van der Waals surface area (Å²) in [6.07, 6.45) is 0.215. The van der Waals surface area contributed by atoms with E-state index in [-0.39, 0.29) is 0 Å². The first kappa shape index (κ1) is 16.2. The Bertz CT molecular complexity index is 42.5. The van der Waals surface area contributed by atoms with Crippen LogP contribution in [0.4, 0.5) is 0 Å². The minimum absolute atomic E-state index is 0.486. The molecule has 0 aliphatic heterocycles. The summed E-state index contributed by atoms with van der Waals surface area (Å²) < 4.78 is 0. The quantitative estimate of drug-likeness (QED) is 0.460. The van der Waals surface area contributed by atoms with E-state index in [1.165, 1.54) is 0 Å². The standard InChI is InChI=1S/C4H10O2.2C2H4/c1-2-3-4(5)6;2*1-2/h4-6H,2-3H2,1H3;2*1-2H2. The highest BCUT2D eigenvalue weighted by Gasteiger charge is 1.89. The molecule has 62 valence electrons. The van der Waals surface area contributed by atoms with E-state index in [4.69, 9.17) is 10.2 Å². The van der Waals surface area contributed by atoms with Gasteiger partial charge >= 0.3 is 0 Å². The molecule has 10 heavy (non-hydrogen) atoms. The van der Waals surface area contributed by atoms with Crippen LogP contribution in [-0.4, -0.2) is 16.5 Å². The van der Waals surface area contributed by atoms with Crippen LogP contribution in [0, 0.1) is 0 Å². The van der Waals surface area contributed by atoms with Crippen LogP contribution in [0.1, 0.15) is 19.8 Å². The molecule has 0 aromatic rings. The predicted octanol–water partition coefficient (Wildman–Crippen LogP) is 1.70. The van der Waals surface area contributed by atoms with Gasteiger partial charge in [-0.2, -0.15) is 0 Å². The lowest BCUT2D eigenvalue weighted by Gasteiger charge is -1.94. The van der Waals surface area contributed by atoms with Gasteiger partial charge in [-0.1, -0.05) is 13.3 Å². The van der Waals surface area contributed by atoms with E-state index in [9.17, 15) is 0 Å². The molecule has 0 saturated heterocycles. The van der Waals surface area contributed by atoms with Crippen LogP contribution in [0.5, 0.6) is 0 Å². The molecule has 0 amide bonds. The molecule has 2 heteroatoms. The lowest BCUT2D eigenvalue weighted by atomic mass is 10.3. The third-order valence-electron chi connectivity index (χ3n) is 0.547. The van der Waals surface area contributed by atoms with Crippen LogP contribution in [0.25, 0.3) is 0 Å². The minimum atomic E-state index is -1.10. The van der Waals surface area contributed by atoms with Crippen molar-refractivity contribution in [2.75, 3.05) is 0 Å². The van der Waals surface area contributed by atoms with Gasteiger partial charge in [0.05, 0.1) is 0 Å². The number of hydrogen-bond donors (Lipinski definition) is 2. The monoisotopic (exact) mass is 146 g/mol. The Hall–Kier alpha value is -0.600. The van der Waals surface area contributed by atoms with Crippen molar-refractivity contribution in [1.29, 1.82) is 0 Å². The zero-order valence-electron chi connectivity index (χ0n) is 6.71. The summed E-state index contributed by atoms with van der Waals surface area (Å²) in [5, 5.41) is 16.2. The molecule has 0 saturated carbocycles. The van der Waals surface area contributed by atoms with E-state index in [0.717, 1.165) is 6.42 Å². The van der Waals surface area contributed by atoms with E-state index in [1.54, 1.807) is 0 Å². The highest BCUT2D eigenvalue weighted by Crippen LogP contribution is 1.88. The van der Waals surface area contributed by atoms with Crippen LogP contribution in [0.15, 0.2) is 26.3 Å². The van der Waals surface area contributed by atoms with Crippen molar-refractivity contribution < 1.29 is 10.2 Å². The summed E-state index contributed by atoms with van der Waals surface area (Å²) in [6.45, 7) is 13.9. The van der Waals surface area contributed by atoms with Crippen molar-refractivity contribution in [3.05, 3.63) is 26.3 Å². The average molecular weight is 146 g/mol. The Labute approximate surface area is 63.5 Å². The largest absolute Gasteiger partial charge is 0.368 e. The van der Waals surface area contributed by atoms with Crippen molar-refractivity contribution in [3.63, 3.8) is 0 Å². The van der Waals surface area contributed by atoms with Crippen LogP contribution >= 0.6 is 0 Å². The van der Waals surface area contributed by atoms with Gasteiger partial charge in [-0.05, 0) is 6.42 Å². The molecule has 0 spiro atoms. The number of aliphatic hydroxyl groups is 2. The molecule has 2 N–H and O–H groups in total. The van der Waals surface area contributed by atoms with E-state index in [1.807, 2.05) is 6.92 Å². The summed E-state index contributed by atoms with van der Waals surface area (Å²) in [5.74, 6) is 0. The summed E-state index contributed by atoms with van der Waals surface area (Å²) in [7, 11) is 0. The molecule has 0 atom stereocenters. The summed E-state index contributed by atoms with van der Waals surface area (Å²) >= 11 is 0. The van der Waals surface area contributed by atoms with Crippen molar-refractivity contribution >= 4 is 0 Å². The fourth-order valence-corrected chi connectivity index (χ4v) is 0.258. The smallest absolute Gasteiger partial charge is 0.151 e. The highest BCUT2D eigenvalue weighted by molar-refractivity contribution is 4.31. The second-order valence-electron chi connectivity index (χ2n) is 1.27. The van der Waals surface area contributed by atoms with Crippen LogP contribution in [-0.2, 0) is 0 Å². The lowest BCUT2D eigenvalue weighted by molar-refractivity contribution is -0.0453. The third kappa shape index (κ3) is 52.6. The van der Waals surface area contributed by atoms with Crippen molar-refractivity contribution in [2.24, 2.45) is 0 Å². The van der Waals surface area contributed by atoms with Gasteiger partial charge in [0, 0.05) is 0 Å². The van der Waals surface area contributed by atoms with E-state index in [2.05, 4.69) is 26.3 Å². The van der Waals surface area contributed by atoms with E-state index in [0.29, 0.717) is 6.42 Å². The SMILES string of the molecule is C=C.C=C.CCCC(O)O. The molecule has 2 nitrogen and oxygen atoms in total. The maximum absolute atomic E-state index is 8.11. The van der Waals surface area contributed by atoms with Gasteiger partial charge in [-0.3, -0.25) is 0 Å². The Balaban J connectivity index is -0.000000105. The molecule has 0 radical (unpaired) electrons. The van der Waals surface area contributed by atoms with E-state index < -0.39 is 6.29 Å². The van der Waals surface area contributed by atoms with Gasteiger partial charge in [0.15, 0.2) is 6.29 Å². The van der Waals surface area contributed by atoms with Gasteiger partial charge in [-0.25, -0.2) is 0 Å². The van der Waals surface area contributed by atoms with E-state index >= 15 is 0 Å². The zero-order valence-corrected chi connectivity index (χ0v) is 6.71. The van der Waals surface area contributed by atoms with Gasteiger partial charge < -0.3 is 10.2 Å². The van der Waals surface area contributed by atoms with Gasteiger partial charge in [-0.15, -0.1) is 26.3 Å². The summed E-state index contributed by atoms with van der Waals surface area (Å²) in [6, 6.07) is 0. The van der Waals surface area contributed by atoms with Crippen LogP contribution < -0.4 is 0 Å². The first-order chi connectivity index (χ1) is 4.77. The Kier molecular flexibility index (Phi) is 38.5. The van der Waals surface area contributed by atoms with Crippen molar-refractivity contribution in [1.82, 2.24) is 0 Å². The second kappa shape index (κ2) is 23.8. The first-order valence-corrected chi connectivity index (χ1v) is 3.13. The van der Waals surface area contributed by atoms with Gasteiger partial charge in [0.25, 0.3) is 0 Å². The van der Waals surface area contributed by atoms with Crippen LogP contribution in [0.2, 0.25) is 0 Å². The summed E-state index contributed by atoms with van der Waals surface area (Å²) in [4.78, 5) is 0. The average Bonchev–Trinajstić information content (AvgIpc) is 1.96. The molecule has 0 unspecified atom stereocenters. The number of hydrogen-bond acceptors (Lipinski definition) is 2. The molecule has 0 rings (SSSR count). The first-order valence-electron chi connectivity index (χ1n) is 3.13. The lowest BCUT2D eigenvalue weighted by Crippen LogP contribution is -2.01. The number of aliphatic hydroxyl groups excluding tert-OH is 1. The van der Waals surface area contributed by atoms with Crippen molar-refractivity contribution in [2.45, 2.75) is 26.1 Å². The molecule has 0 aromatic carbocycles. The maximum atomic E-state index is 8.11. The minimum Gasteiger partial charge on any atom is -0.368 e. The number of rotatable bonds is 2. The Morgan fingerprint density at radius 3 is 1.40 bits per heavy atom. The molecule has 0 aromatic heterocycles. The maximum Gasteiger partial charge on any atom is 0.151 e. The zero-order chi connectivity index (χ0) is 8.99. The second-order valence-corrected chi connectivity index (χ2v) is 1.27.